The van der Waals surface area contributed by atoms with Gasteiger partial charge in [0.1, 0.15) is 5.54 Å². The quantitative estimate of drug-likeness (QED) is 0.643. The first-order chi connectivity index (χ1) is 5.21. The van der Waals surface area contributed by atoms with Crippen molar-refractivity contribution >= 4 is 17.7 Å². The van der Waals surface area contributed by atoms with Crippen LogP contribution in [0.15, 0.2) is 0 Å². The maximum atomic E-state index is 10.8. The van der Waals surface area contributed by atoms with Crippen molar-refractivity contribution in [1.82, 2.24) is 5.32 Å². The van der Waals surface area contributed by atoms with E-state index >= 15 is 0 Å². The van der Waals surface area contributed by atoms with Crippen LogP contribution in [0.5, 0.6) is 0 Å². The molecule has 0 spiro atoms. The number of carbonyl (C=O) groups is 1. The van der Waals surface area contributed by atoms with E-state index in [9.17, 15) is 4.79 Å². The van der Waals surface area contributed by atoms with Gasteiger partial charge in [-0.25, -0.2) is 0 Å². The Morgan fingerprint density at radius 3 is 2.73 bits per heavy atom. The summed E-state index contributed by atoms with van der Waals surface area (Å²) < 4.78 is 0. The second kappa shape index (κ2) is 3.45. The van der Waals surface area contributed by atoms with Crippen molar-refractivity contribution in [2.75, 3.05) is 18.6 Å². The summed E-state index contributed by atoms with van der Waals surface area (Å²) in [6.07, 6.45) is 1.75. The molecule has 0 aromatic heterocycles. The fraction of sp³-hybridized carbons (Fsp3) is 0.857. The van der Waals surface area contributed by atoms with Crippen LogP contribution in [0.3, 0.4) is 0 Å². The number of thioether (sulfide) groups is 1. The minimum absolute atomic E-state index is 0.650. The molecular weight excluding hydrogens is 162 g/mol. The zero-order chi connectivity index (χ0) is 8.32. The Balaban J connectivity index is 2.64. The molecule has 1 aliphatic heterocycles. The molecule has 1 heterocycles. The molecule has 1 fully saturated rings. The van der Waals surface area contributed by atoms with Crippen LogP contribution in [0.2, 0.25) is 0 Å². The van der Waals surface area contributed by atoms with E-state index in [0.717, 1.165) is 18.6 Å². The van der Waals surface area contributed by atoms with Gasteiger partial charge >= 0.3 is 5.97 Å². The first-order valence-electron chi connectivity index (χ1n) is 3.71. The highest BCUT2D eigenvalue weighted by atomic mass is 32.2. The molecule has 0 aromatic carbocycles. The molecule has 0 amide bonds. The highest BCUT2D eigenvalue weighted by molar-refractivity contribution is 7.99. The third-order valence-corrected chi connectivity index (χ3v) is 3.40. The number of aliphatic carboxylic acids is 1. The number of nitrogens with one attached hydrogen (secondary N) is 1. The van der Waals surface area contributed by atoms with E-state index in [0.29, 0.717) is 5.75 Å². The summed E-state index contributed by atoms with van der Waals surface area (Å²) in [4.78, 5) is 10.8. The van der Waals surface area contributed by atoms with Crippen molar-refractivity contribution in [1.29, 1.82) is 0 Å². The van der Waals surface area contributed by atoms with Crippen LogP contribution in [0, 0.1) is 0 Å². The Morgan fingerprint density at radius 1 is 1.73 bits per heavy atom. The fourth-order valence-corrected chi connectivity index (χ4v) is 2.52. The van der Waals surface area contributed by atoms with E-state index in [1.807, 2.05) is 0 Å². The number of likely N-dealkylation sites (N-methyl/N-ethyl adjacent to an activating group) is 1. The number of rotatable bonds is 2. The van der Waals surface area contributed by atoms with Crippen LogP contribution in [0.1, 0.15) is 12.8 Å². The maximum Gasteiger partial charge on any atom is 0.324 e. The van der Waals surface area contributed by atoms with Gasteiger partial charge in [-0.3, -0.25) is 4.79 Å². The first kappa shape index (κ1) is 8.87. The van der Waals surface area contributed by atoms with E-state index in [1.165, 1.54) is 0 Å². The predicted molar refractivity (Wildman–Crippen MR) is 46.0 cm³/mol. The lowest BCUT2D eigenvalue weighted by molar-refractivity contribution is -0.144. The highest BCUT2D eigenvalue weighted by Gasteiger charge is 2.38. The van der Waals surface area contributed by atoms with Gasteiger partial charge < -0.3 is 10.4 Å². The molecule has 1 saturated heterocycles. The van der Waals surface area contributed by atoms with E-state index in [1.54, 1.807) is 18.8 Å². The van der Waals surface area contributed by atoms with Gasteiger partial charge in [-0.05, 0) is 25.6 Å². The van der Waals surface area contributed by atoms with Crippen molar-refractivity contribution in [2.45, 2.75) is 18.4 Å². The van der Waals surface area contributed by atoms with E-state index in [-0.39, 0.29) is 0 Å². The van der Waals surface area contributed by atoms with Crippen LogP contribution >= 0.6 is 11.8 Å². The molecule has 64 valence electrons. The molecule has 4 heteroatoms. The van der Waals surface area contributed by atoms with Crippen LogP contribution < -0.4 is 5.32 Å². The number of hydrogen-bond donors (Lipinski definition) is 2. The Morgan fingerprint density at radius 2 is 2.45 bits per heavy atom. The third-order valence-electron chi connectivity index (χ3n) is 2.13. The standard InChI is InChI=1S/C7H13NO2S/c1-8-7(6(9)10)3-2-4-11-5-7/h8H,2-5H2,1H3,(H,9,10). The van der Waals surface area contributed by atoms with Gasteiger partial charge in [0.05, 0.1) is 0 Å². The minimum atomic E-state index is -0.716. The van der Waals surface area contributed by atoms with Crippen molar-refractivity contribution in [3.05, 3.63) is 0 Å². The molecular formula is C7H13NO2S. The molecule has 1 unspecified atom stereocenters. The fourth-order valence-electron chi connectivity index (χ4n) is 1.27. The number of carboxylic acid groups (broad SMARTS) is 1. The maximum absolute atomic E-state index is 10.8. The smallest absolute Gasteiger partial charge is 0.324 e. The largest absolute Gasteiger partial charge is 0.480 e. The Bertz CT molecular complexity index is 155. The van der Waals surface area contributed by atoms with E-state index in [4.69, 9.17) is 5.11 Å². The Hall–Kier alpha value is -0.220. The average molecular weight is 175 g/mol. The van der Waals surface area contributed by atoms with E-state index < -0.39 is 11.5 Å². The minimum Gasteiger partial charge on any atom is -0.480 e. The van der Waals surface area contributed by atoms with Crippen LogP contribution in [-0.4, -0.2) is 35.2 Å². The molecule has 0 radical (unpaired) electrons. The summed E-state index contributed by atoms with van der Waals surface area (Å²) in [5, 5.41) is 11.8. The molecule has 1 atom stereocenters. The van der Waals surface area contributed by atoms with Gasteiger partial charge in [0.2, 0.25) is 0 Å². The van der Waals surface area contributed by atoms with Gasteiger partial charge in [-0.15, -0.1) is 0 Å². The van der Waals surface area contributed by atoms with Gasteiger partial charge in [0, 0.05) is 5.75 Å². The Kier molecular flexibility index (Phi) is 2.78. The molecule has 11 heavy (non-hydrogen) atoms. The van der Waals surface area contributed by atoms with Gasteiger partial charge in [0.15, 0.2) is 0 Å². The van der Waals surface area contributed by atoms with Gasteiger partial charge in [-0.1, -0.05) is 0 Å². The summed E-state index contributed by atoms with van der Waals surface area (Å²) in [5.74, 6) is 1.07. The second-order valence-electron chi connectivity index (χ2n) is 2.79. The van der Waals surface area contributed by atoms with Crippen molar-refractivity contribution in [2.24, 2.45) is 0 Å². The first-order valence-corrected chi connectivity index (χ1v) is 4.87. The monoisotopic (exact) mass is 175 g/mol. The molecule has 2 N–H and O–H groups in total. The summed E-state index contributed by atoms with van der Waals surface area (Å²) in [6.45, 7) is 0. The average Bonchev–Trinajstić information content (AvgIpc) is 2.05. The van der Waals surface area contributed by atoms with Crippen molar-refractivity contribution in [3.8, 4) is 0 Å². The lowest BCUT2D eigenvalue weighted by Gasteiger charge is -2.32. The van der Waals surface area contributed by atoms with E-state index in [2.05, 4.69) is 5.32 Å². The molecule has 0 aromatic rings. The third kappa shape index (κ3) is 1.68. The highest BCUT2D eigenvalue weighted by Crippen LogP contribution is 2.26. The number of carboxylic acids is 1. The molecule has 3 nitrogen and oxygen atoms in total. The normalized spacial score (nSPS) is 31.7. The summed E-state index contributed by atoms with van der Waals surface area (Å²) in [5.41, 5.74) is -0.650. The van der Waals surface area contributed by atoms with Crippen LogP contribution in [-0.2, 0) is 4.79 Å². The zero-order valence-electron chi connectivity index (χ0n) is 6.59. The van der Waals surface area contributed by atoms with Crippen molar-refractivity contribution < 1.29 is 9.90 Å². The second-order valence-corrected chi connectivity index (χ2v) is 3.90. The van der Waals surface area contributed by atoms with Crippen molar-refractivity contribution in [3.63, 3.8) is 0 Å². The van der Waals surface area contributed by atoms with Crippen LogP contribution in [0.25, 0.3) is 0 Å². The predicted octanol–water partition coefficient (Wildman–Crippen LogP) is 0.556. The topological polar surface area (TPSA) is 49.3 Å². The SMILES string of the molecule is CNC1(C(=O)O)CCCSC1. The van der Waals surface area contributed by atoms with Crippen LogP contribution in [0.4, 0.5) is 0 Å². The molecule has 1 aliphatic rings. The lowest BCUT2D eigenvalue weighted by atomic mass is 9.96. The zero-order valence-corrected chi connectivity index (χ0v) is 7.41. The molecule has 1 rings (SSSR count). The molecule has 0 bridgehead atoms. The molecule has 0 saturated carbocycles. The van der Waals surface area contributed by atoms with Gasteiger partial charge in [-0.2, -0.15) is 11.8 Å². The summed E-state index contributed by atoms with van der Waals surface area (Å²) in [6, 6.07) is 0. The summed E-state index contributed by atoms with van der Waals surface area (Å²) >= 11 is 1.71. The van der Waals surface area contributed by atoms with Gasteiger partial charge in [0.25, 0.3) is 0 Å². The lowest BCUT2D eigenvalue weighted by Crippen LogP contribution is -2.54. The molecule has 0 aliphatic carbocycles. The number of hydrogen-bond acceptors (Lipinski definition) is 3. The Labute approximate surface area is 70.6 Å². The summed E-state index contributed by atoms with van der Waals surface area (Å²) in [7, 11) is 1.72.